The Kier molecular flexibility index (Phi) is 23.4. The van der Waals surface area contributed by atoms with Gasteiger partial charge in [-0.05, 0) is 55.2 Å². The van der Waals surface area contributed by atoms with Crippen molar-refractivity contribution in [2.75, 3.05) is 38.7 Å². The Labute approximate surface area is 420 Å². The first kappa shape index (κ1) is 59.2. The molecule has 2 aliphatic rings. The lowest BCUT2D eigenvalue weighted by atomic mass is 9.96. The minimum atomic E-state index is -1.74. The third kappa shape index (κ3) is 18.2. The molecule has 0 aliphatic carbocycles. The van der Waals surface area contributed by atoms with Crippen LogP contribution in [0.2, 0.25) is 0 Å². The average molecular weight is 1040 g/mol. The molecule has 2 fully saturated rings. The molecule has 14 N–H and O–H groups in total. The molecule has 3 rings (SSSR count). The molecule has 26 heteroatoms. The minimum Gasteiger partial charge on any atom is -0.508 e. The summed E-state index contributed by atoms with van der Waals surface area (Å²) >= 11 is 0. The number of nitrogens with zero attached hydrogens (tertiary/aromatic N) is 3. The Morgan fingerprint density at radius 3 is 2.01 bits per heavy atom. The normalized spacial score (nSPS) is 24.1. The summed E-state index contributed by atoms with van der Waals surface area (Å²) in [6, 6.07) is -4.96. The topological polar surface area (TPSA) is 382 Å². The van der Waals surface area contributed by atoms with E-state index in [0.29, 0.717) is 18.4 Å². The van der Waals surface area contributed by atoms with Crippen molar-refractivity contribution in [1.82, 2.24) is 41.3 Å². The number of likely N-dealkylation sites (N-methyl/N-ethyl adjacent to an activating group) is 2. The van der Waals surface area contributed by atoms with Crippen LogP contribution in [0.5, 0.6) is 5.75 Å². The van der Waals surface area contributed by atoms with Crippen LogP contribution in [0.4, 0.5) is 0 Å². The van der Waals surface area contributed by atoms with Gasteiger partial charge in [-0.25, -0.2) is 0 Å². The molecule has 0 radical (unpaired) electrons. The van der Waals surface area contributed by atoms with Gasteiger partial charge in [0, 0.05) is 45.0 Å². The number of carbonyl (C=O) groups excluding carboxylic acids is 11. The van der Waals surface area contributed by atoms with Crippen molar-refractivity contribution in [2.45, 2.75) is 127 Å². The number of benzene rings is 1. The lowest BCUT2D eigenvalue weighted by molar-refractivity contribution is -0.148. The van der Waals surface area contributed by atoms with Crippen LogP contribution in [0.15, 0.2) is 24.3 Å². The fraction of sp³-hybridized carbons (Fsp3) is 0.622. The van der Waals surface area contributed by atoms with Crippen LogP contribution in [0.25, 0.3) is 0 Å². The van der Waals surface area contributed by atoms with E-state index in [1.807, 2.05) is 13.8 Å². The van der Waals surface area contributed by atoms with Gasteiger partial charge < -0.3 is 69.3 Å². The lowest BCUT2D eigenvalue weighted by Crippen LogP contribution is -2.62. The van der Waals surface area contributed by atoms with Crippen molar-refractivity contribution >= 4 is 86.6 Å². The molecule has 394 valence electrons. The second-order valence-electron chi connectivity index (χ2n) is 18.3. The van der Waals surface area contributed by atoms with Crippen LogP contribution in [-0.2, 0) is 59.2 Å². The predicted molar refractivity (Wildman–Crippen MR) is 264 cm³/mol. The van der Waals surface area contributed by atoms with Gasteiger partial charge in [-0.1, -0.05) is 67.8 Å². The highest BCUT2D eigenvalue weighted by atomic mass is 33.1. The summed E-state index contributed by atoms with van der Waals surface area (Å²) < 4.78 is 0. The fourth-order valence-electron chi connectivity index (χ4n) is 7.89. The van der Waals surface area contributed by atoms with Crippen LogP contribution in [0.3, 0.4) is 0 Å². The van der Waals surface area contributed by atoms with Gasteiger partial charge in [-0.3, -0.25) is 52.7 Å². The third-order valence-corrected chi connectivity index (χ3v) is 14.5. The van der Waals surface area contributed by atoms with Gasteiger partial charge in [0.1, 0.15) is 48.0 Å². The summed E-state index contributed by atoms with van der Waals surface area (Å²) in [5.41, 5.74) is 23.2. The number of amides is 11. The van der Waals surface area contributed by atoms with Crippen molar-refractivity contribution in [1.29, 1.82) is 0 Å². The molecule has 2 heterocycles. The average Bonchev–Trinajstić information content (AvgIpc) is 3.80. The molecule has 24 nitrogen and oxygen atoms in total. The van der Waals surface area contributed by atoms with E-state index in [0.717, 1.165) is 31.4 Å². The Hall–Kier alpha value is -6.15. The molecule has 71 heavy (non-hydrogen) atoms. The molecule has 1 aromatic carbocycles. The molecule has 2 saturated heterocycles. The van der Waals surface area contributed by atoms with Gasteiger partial charge in [0.05, 0.1) is 19.0 Å². The summed E-state index contributed by atoms with van der Waals surface area (Å²) in [7, 11) is 4.71. The number of primary amides is 3. The van der Waals surface area contributed by atoms with Crippen LogP contribution >= 0.6 is 21.6 Å². The van der Waals surface area contributed by atoms with E-state index >= 15 is 0 Å². The number of carbonyl (C=O) groups is 11. The molecule has 0 saturated carbocycles. The lowest BCUT2D eigenvalue weighted by Gasteiger charge is -2.35. The molecular weight excluding hydrogens is 965 g/mol. The number of phenols is 1. The zero-order chi connectivity index (χ0) is 53.3. The Balaban J connectivity index is 2.10. The van der Waals surface area contributed by atoms with E-state index in [9.17, 15) is 57.8 Å². The number of rotatable bonds is 17. The highest BCUT2D eigenvalue weighted by molar-refractivity contribution is 8.76. The fourth-order valence-corrected chi connectivity index (χ4v) is 10.3. The molecule has 0 aromatic heterocycles. The van der Waals surface area contributed by atoms with E-state index in [1.54, 1.807) is 26.0 Å². The Morgan fingerprint density at radius 2 is 1.42 bits per heavy atom. The first-order valence-corrected chi connectivity index (χ1v) is 25.8. The van der Waals surface area contributed by atoms with Gasteiger partial charge >= 0.3 is 0 Å². The molecule has 11 amide bonds. The third-order valence-electron chi connectivity index (χ3n) is 12.1. The Bertz CT molecular complexity index is 2120. The number of hydrogen-bond donors (Lipinski definition) is 10. The van der Waals surface area contributed by atoms with Crippen molar-refractivity contribution < 1.29 is 57.8 Å². The standard InChI is InChI=1S/C45H70N12O12S2/c1-7-24(4)37-42(66)50-28(14-15-34(47)59)39(63)52-31(19-35(48)60)44(68)56(6)33(22-71-70-21-27(46)38(62)51-29(40(64)54-37)18-25-10-12-26(58)13-11-25)45(69)57-16-8-9-32(57)41(65)53-30(17-23(2)3)43(67)55(5)20-36(49)61/h10-13,23-24,27-33,37,58H,7-9,14-22,46H2,1-6H3,(H2,47,59)(H2,48,60)(H2,49,61)(H,50,66)(H,51,62)(H,52,63)(H,53,65)(H,54,64)/t24-,27-,28-,29-,30-,31-,32-,33-,37-/m0/s1. The van der Waals surface area contributed by atoms with Crippen molar-refractivity contribution in [3.05, 3.63) is 29.8 Å². The van der Waals surface area contributed by atoms with Crippen LogP contribution < -0.4 is 49.5 Å². The van der Waals surface area contributed by atoms with Gasteiger partial charge in [-0.15, -0.1) is 0 Å². The van der Waals surface area contributed by atoms with E-state index in [-0.39, 0.29) is 49.0 Å². The molecule has 1 aromatic rings. The summed E-state index contributed by atoms with van der Waals surface area (Å²) in [6.45, 7) is 6.73. The summed E-state index contributed by atoms with van der Waals surface area (Å²) in [6.07, 6.45) is -0.652. The van der Waals surface area contributed by atoms with Crippen molar-refractivity contribution in [3.8, 4) is 5.75 Å². The van der Waals surface area contributed by atoms with Crippen molar-refractivity contribution in [2.24, 2.45) is 34.8 Å². The van der Waals surface area contributed by atoms with E-state index in [2.05, 4.69) is 26.6 Å². The summed E-state index contributed by atoms with van der Waals surface area (Å²) in [5.74, 6) is -10.0. The predicted octanol–water partition coefficient (Wildman–Crippen LogP) is -2.92. The first-order chi connectivity index (χ1) is 33.3. The van der Waals surface area contributed by atoms with Crippen LogP contribution in [-0.4, -0.2) is 172 Å². The van der Waals surface area contributed by atoms with Gasteiger partial charge in [-0.2, -0.15) is 0 Å². The quantitative estimate of drug-likeness (QED) is 0.0699. The SMILES string of the molecule is CC[C@H](C)[C@@H]1NC(=O)[C@H](Cc2ccc(O)cc2)NC(=O)[C@@H](N)CSSC[C@@H](C(=O)N2CCC[C@H]2C(=O)N[C@@H](CC(C)C)C(=O)N(C)CC(N)=O)N(C)C(=O)[C@H](CC(N)=O)NC(=O)[C@H](CCC(N)=O)NC1=O. The number of nitrogens with two attached hydrogens (primary N) is 4. The van der Waals surface area contributed by atoms with Gasteiger partial charge in [0.15, 0.2) is 0 Å². The zero-order valence-corrected chi connectivity index (χ0v) is 42.6. The van der Waals surface area contributed by atoms with Gasteiger partial charge in [0.25, 0.3) is 0 Å². The molecule has 2 aliphatic heterocycles. The van der Waals surface area contributed by atoms with Crippen LogP contribution in [0, 0.1) is 11.8 Å². The highest BCUT2D eigenvalue weighted by Gasteiger charge is 2.43. The van der Waals surface area contributed by atoms with Gasteiger partial charge in [0.2, 0.25) is 65.0 Å². The highest BCUT2D eigenvalue weighted by Crippen LogP contribution is 2.28. The van der Waals surface area contributed by atoms with E-state index in [1.165, 1.54) is 31.1 Å². The largest absolute Gasteiger partial charge is 0.508 e. The second-order valence-corrected chi connectivity index (χ2v) is 20.8. The maximum atomic E-state index is 14.8. The zero-order valence-electron chi connectivity index (χ0n) is 41.0. The summed E-state index contributed by atoms with van der Waals surface area (Å²) in [4.78, 5) is 152. The van der Waals surface area contributed by atoms with E-state index < -0.39 is 145 Å². The monoisotopic (exact) mass is 1030 g/mol. The molecule has 0 spiro atoms. The number of phenolic OH excluding ortho intramolecular Hbond substituents is 1. The van der Waals surface area contributed by atoms with Crippen molar-refractivity contribution in [3.63, 3.8) is 0 Å². The number of nitrogens with one attached hydrogen (secondary N) is 5. The first-order valence-electron chi connectivity index (χ1n) is 23.3. The maximum absolute atomic E-state index is 14.8. The summed E-state index contributed by atoms with van der Waals surface area (Å²) in [5, 5.41) is 23.0. The number of likely N-dealkylation sites (tertiary alicyclic amines) is 1. The maximum Gasteiger partial charge on any atom is 0.246 e. The number of hydrogen-bond acceptors (Lipinski definition) is 15. The molecule has 0 bridgehead atoms. The smallest absolute Gasteiger partial charge is 0.246 e. The van der Waals surface area contributed by atoms with E-state index in [4.69, 9.17) is 22.9 Å². The molecular formula is C45H70N12O12S2. The Morgan fingerprint density at radius 1 is 0.817 bits per heavy atom. The van der Waals surface area contributed by atoms with Crippen LogP contribution in [0.1, 0.15) is 78.2 Å². The minimum absolute atomic E-state index is 0.0454. The molecule has 0 unspecified atom stereocenters. The number of aromatic hydroxyl groups is 1. The second kappa shape index (κ2) is 28.0. The molecule has 9 atom stereocenters.